The molecule has 0 unspecified atom stereocenters. The predicted octanol–water partition coefficient (Wildman–Crippen LogP) is 3.59. The molecule has 1 saturated heterocycles. The molecular formula is C20H23NO2. The van der Waals surface area contributed by atoms with Crippen molar-refractivity contribution in [3.63, 3.8) is 0 Å². The van der Waals surface area contributed by atoms with E-state index in [1.54, 1.807) is 0 Å². The van der Waals surface area contributed by atoms with Crippen LogP contribution >= 0.6 is 0 Å². The molecule has 5 aliphatic rings. The predicted molar refractivity (Wildman–Crippen MR) is 87.8 cm³/mol. The van der Waals surface area contributed by atoms with Gasteiger partial charge in [0.25, 0.3) is 0 Å². The standard InChI is InChI=1S/C20H23NO2/c1-10(2)11-4-3-5-12(8-11)21-19(22)17-13-6-7-14(16-9-15(13)16)18(17)20(21)23/h3-5,8,10,13-18H,6-7,9H2,1-2H3/t13-,14+,15+,16-,17-,18+. The Balaban J connectivity index is 1.55. The molecule has 2 amide bonds. The molecule has 6 atom stereocenters. The smallest absolute Gasteiger partial charge is 0.237 e. The van der Waals surface area contributed by atoms with Crippen molar-refractivity contribution in [1.82, 2.24) is 0 Å². The van der Waals surface area contributed by atoms with Gasteiger partial charge in [-0.05, 0) is 66.5 Å². The van der Waals surface area contributed by atoms with Crippen molar-refractivity contribution in [1.29, 1.82) is 0 Å². The van der Waals surface area contributed by atoms with Gasteiger partial charge in [0, 0.05) is 0 Å². The lowest BCUT2D eigenvalue weighted by Crippen LogP contribution is -2.43. The molecule has 4 aliphatic carbocycles. The van der Waals surface area contributed by atoms with Crippen LogP contribution < -0.4 is 4.90 Å². The van der Waals surface area contributed by atoms with Crippen LogP contribution in [0.1, 0.15) is 44.6 Å². The summed E-state index contributed by atoms with van der Waals surface area (Å²) in [7, 11) is 0. The summed E-state index contributed by atoms with van der Waals surface area (Å²) >= 11 is 0. The summed E-state index contributed by atoms with van der Waals surface area (Å²) in [4.78, 5) is 27.7. The number of amides is 2. The van der Waals surface area contributed by atoms with Crippen molar-refractivity contribution in [3.8, 4) is 0 Å². The van der Waals surface area contributed by atoms with Gasteiger partial charge in [0.2, 0.25) is 11.8 Å². The average molecular weight is 309 g/mol. The van der Waals surface area contributed by atoms with E-state index in [0.717, 1.165) is 30.4 Å². The van der Waals surface area contributed by atoms with Gasteiger partial charge in [0.1, 0.15) is 0 Å². The second-order valence-electron chi connectivity index (χ2n) is 8.28. The molecule has 5 fully saturated rings. The summed E-state index contributed by atoms with van der Waals surface area (Å²) in [5.74, 6) is 2.97. The Bertz CT molecular complexity index is 675. The highest BCUT2D eigenvalue weighted by atomic mass is 16.2. The first-order chi connectivity index (χ1) is 11.1. The maximum Gasteiger partial charge on any atom is 0.237 e. The van der Waals surface area contributed by atoms with Crippen molar-refractivity contribution in [2.45, 2.75) is 39.0 Å². The Labute approximate surface area is 137 Å². The number of nitrogens with zero attached hydrogens (tertiary/aromatic N) is 1. The minimum absolute atomic E-state index is 0.0206. The number of hydrogen-bond donors (Lipinski definition) is 0. The van der Waals surface area contributed by atoms with E-state index in [9.17, 15) is 9.59 Å². The lowest BCUT2D eigenvalue weighted by atomic mass is 9.59. The van der Waals surface area contributed by atoms with Crippen LogP contribution in [0.4, 0.5) is 5.69 Å². The van der Waals surface area contributed by atoms with E-state index in [1.807, 2.05) is 18.2 Å². The number of anilines is 1. The van der Waals surface area contributed by atoms with Crippen LogP contribution in [-0.4, -0.2) is 11.8 Å². The van der Waals surface area contributed by atoms with Gasteiger partial charge < -0.3 is 0 Å². The fourth-order valence-corrected chi connectivity index (χ4v) is 5.82. The van der Waals surface area contributed by atoms with E-state index in [2.05, 4.69) is 19.9 Å². The van der Waals surface area contributed by atoms with Crippen molar-refractivity contribution in [2.24, 2.45) is 35.5 Å². The number of benzene rings is 1. The summed E-state index contributed by atoms with van der Waals surface area (Å²) < 4.78 is 0. The normalized spacial score (nSPS) is 40.6. The van der Waals surface area contributed by atoms with Crippen molar-refractivity contribution < 1.29 is 9.59 Å². The number of imide groups is 1. The van der Waals surface area contributed by atoms with Gasteiger partial charge in [-0.2, -0.15) is 0 Å². The summed E-state index contributed by atoms with van der Waals surface area (Å²) in [6.07, 6.45) is 3.59. The van der Waals surface area contributed by atoms with E-state index in [4.69, 9.17) is 0 Å². The Morgan fingerprint density at radius 3 is 2.13 bits per heavy atom. The molecule has 0 radical (unpaired) electrons. The lowest BCUT2D eigenvalue weighted by Gasteiger charge is -2.42. The lowest BCUT2D eigenvalue weighted by molar-refractivity contribution is -0.129. The Morgan fingerprint density at radius 2 is 1.57 bits per heavy atom. The molecule has 4 saturated carbocycles. The summed E-state index contributed by atoms with van der Waals surface area (Å²) in [6, 6.07) is 7.99. The fourth-order valence-electron chi connectivity index (χ4n) is 5.82. The molecule has 3 nitrogen and oxygen atoms in total. The van der Waals surface area contributed by atoms with Crippen molar-refractivity contribution in [2.75, 3.05) is 4.90 Å². The van der Waals surface area contributed by atoms with Crippen LogP contribution in [0, 0.1) is 35.5 Å². The molecule has 1 aliphatic heterocycles. The third-order valence-electron chi connectivity index (χ3n) is 6.94. The van der Waals surface area contributed by atoms with E-state index < -0.39 is 0 Å². The Kier molecular flexibility index (Phi) is 2.67. The average Bonchev–Trinajstić information content (AvgIpc) is 3.32. The molecule has 1 heterocycles. The highest BCUT2D eigenvalue weighted by Crippen LogP contribution is 2.68. The zero-order valence-corrected chi connectivity index (χ0v) is 13.7. The summed E-state index contributed by atoms with van der Waals surface area (Å²) in [5.41, 5.74) is 1.97. The Morgan fingerprint density at radius 1 is 0.957 bits per heavy atom. The molecule has 120 valence electrons. The van der Waals surface area contributed by atoms with E-state index in [-0.39, 0.29) is 23.7 Å². The molecule has 0 spiro atoms. The molecule has 1 aromatic carbocycles. The van der Waals surface area contributed by atoms with Gasteiger partial charge in [-0.25, -0.2) is 0 Å². The van der Waals surface area contributed by atoms with Crippen LogP contribution in [0.3, 0.4) is 0 Å². The molecule has 1 aromatic rings. The Hall–Kier alpha value is -1.64. The van der Waals surface area contributed by atoms with Gasteiger partial charge >= 0.3 is 0 Å². The maximum atomic E-state index is 13.1. The largest absolute Gasteiger partial charge is 0.274 e. The first-order valence-electron chi connectivity index (χ1n) is 9.05. The number of rotatable bonds is 2. The highest BCUT2D eigenvalue weighted by Gasteiger charge is 2.68. The zero-order valence-electron chi connectivity index (χ0n) is 13.7. The molecule has 3 heteroatoms. The van der Waals surface area contributed by atoms with Gasteiger partial charge in [0.05, 0.1) is 17.5 Å². The van der Waals surface area contributed by atoms with Crippen LogP contribution in [0.25, 0.3) is 0 Å². The van der Waals surface area contributed by atoms with E-state index in [1.165, 1.54) is 16.9 Å². The van der Waals surface area contributed by atoms with Gasteiger partial charge in [0.15, 0.2) is 0 Å². The van der Waals surface area contributed by atoms with Gasteiger partial charge in [-0.3, -0.25) is 14.5 Å². The monoisotopic (exact) mass is 309 g/mol. The van der Waals surface area contributed by atoms with E-state index >= 15 is 0 Å². The quantitative estimate of drug-likeness (QED) is 0.783. The topological polar surface area (TPSA) is 37.4 Å². The van der Waals surface area contributed by atoms with Crippen molar-refractivity contribution in [3.05, 3.63) is 29.8 Å². The number of carbonyl (C=O) groups is 2. The summed E-state index contributed by atoms with van der Waals surface area (Å²) in [5, 5.41) is 0. The zero-order chi connectivity index (χ0) is 15.9. The first-order valence-corrected chi connectivity index (χ1v) is 9.05. The van der Waals surface area contributed by atoms with Crippen LogP contribution in [0.2, 0.25) is 0 Å². The SMILES string of the molecule is CC(C)c1cccc(N2C(=O)[C@@H]3[C@@H]4CC[C@@H]([C@H]5C[C@H]54)[C@@H]3C2=O)c1. The van der Waals surface area contributed by atoms with Gasteiger partial charge in [-0.15, -0.1) is 0 Å². The molecule has 2 bridgehead atoms. The van der Waals surface area contributed by atoms with Crippen LogP contribution in [0.5, 0.6) is 0 Å². The molecule has 0 N–H and O–H groups in total. The first kappa shape index (κ1) is 13.8. The van der Waals surface area contributed by atoms with Gasteiger partial charge in [-0.1, -0.05) is 26.0 Å². The third kappa shape index (κ3) is 1.71. The number of carbonyl (C=O) groups excluding carboxylic acids is 2. The van der Waals surface area contributed by atoms with Crippen LogP contribution in [0.15, 0.2) is 24.3 Å². The second kappa shape index (κ2) is 4.46. The van der Waals surface area contributed by atoms with Crippen molar-refractivity contribution >= 4 is 17.5 Å². The van der Waals surface area contributed by atoms with Crippen LogP contribution in [-0.2, 0) is 9.59 Å². The fraction of sp³-hybridized carbons (Fsp3) is 0.600. The molecule has 0 aromatic heterocycles. The highest BCUT2D eigenvalue weighted by molar-refractivity contribution is 6.22. The molecular weight excluding hydrogens is 286 g/mol. The second-order valence-corrected chi connectivity index (χ2v) is 8.28. The number of fused-ring (bicyclic) bond motifs is 1. The minimum Gasteiger partial charge on any atom is -0.274 e. The van der Waals surface area contributed by atoms with E-state index in [0.29, 0.717) is 17.8 Å². The molecule has 23 heavy (non-hydrogen) atoms. The summed E-state index contributed by atoms with van der Waals surface area (Å²) in [6.45, 7) is 4.28. The minimum atomic E-state index is -0.0206. The number of hydrogen-bond acceptors (Lipinski definition) is 2. The molecule has 6 rings (SSSR count). The maximum absolute atomic E-state index is 13.1. The third-order valence-corrected chi connectivity index (χ3v) is 6.94.